The largest absolute Gasteiger partial charge is 0.307 e. The maximum atomic E-state index is 3.92. The lowest BCUT2D eigenvalue weighted by atomic mass is 10.1. The summed E-state index contributed by atoms with van der Waals surface area (Å²) in [5.74, 6) is 0.866. The fourth-order valence-electron chi connectivity index (χ4n) is 2.54. The van der Waals surface area contributed by atoms with Crippen LogP contribution in [0.25, 0.3) is 5.69 Å². The predicted octanol–water partition coefficient (Wildman–Crippen LogP) is 2.11. The first-order chi connectivity index (χ1) is 9.28. The topological polar surface area (TPSA) is 55.6 Å². The Hall–Kier alpha value is -1.75. The Balaban J connectivity index is 1.72. The molecule has 0 amide bonds. The molecule has 3 unspecified atom stereocenters. The van der Waals surface area contributed by atoms with Crippen molar-refractivity contribution in [2.45, 2.75) is 38.8 Å². The van der Waals surface area contributed by atoms with E-state index in [1.54, 1.807) is 11.0 Å². The highest BCUT2D eigenvalue weighted by Gasteiger charge is 2.35. The molecule has 3 rings (SSSR count). The number of benzene rings is 1. The first-order valence-corrected chi connectivity index (χ1v) is 6.87. The number of tetrazole rings is 1. The van der Waals surface area contributed by atoms with Gasteiger partial charge in [0.1, 0.15) is 6.33 Å². The smallest absolute Gasteiger partial charge is 0.143 e. The van der Waals surface area contributed by atoms with E-state index in [1.165, 1.54) is 18.4 Å². The Bertz CT molecular complexity index is 537. The fourth-order valence-corrected chi connectivity index (χ4v) is 2.54. The molecule has 5 nitrogen and oxygen atoms in total. The van der Waals surface area contributed by atoms with E-state index in [0.717, 1.165) is 11.6 Å². The SMILES string of the molecule is CCC1CC1NC(C)c1cccc(-n2cnnn2)c1. The van der Waals surface area contributed by atoms with Crippen LogP contribution in [0.2, 0.25) is 0 Å². The molecule has 1 saturated carbocycles. The quantitative estimate of drug-likeness (QED) is 0.891. The highest BCUT2D eigenvalue weighted by Crippen LogP contribution is 2.35. The summed E-state index contributed by atoms with van der Waals surface area (Å²) in [6, 6.07) is 9.40. The minimum absolute atomic E-state index is 0.359. The molecule has 1 aliphatic rings. The predicted molar refractivity (Wildman–Crippen MR) is 72.9 cm³/mol. The van der Waals surface area contributed by atoms with Crippen molar-refractivity contribution in [2.75, 3.05) is 0 Å². The van der Waals surface area contributed by atoms with Crippen molar-refractivity contribution in [3.63, 3.8) is 0 Å². The van der Waals surface area contributed by atoms with Crippen LogP contribution < -0.4 is 5.32 Å². The van der Waals surface area contributed by atoms with E-state index in [1.807, 2.05) is 6.07 Å². The van der Waals surface area contributed by atoms with E-state index in [2.05, 4.69) is 52.9 Å². The van der Waals surface area contributed by atoms with Crippen LogP contribution in [0, 0.1) is 5.92 Å². The Kier molecular flexibility index (Phi) is 3.29. The molecule has 0 radical (unpaired) electrons. The summed E-state index contributed by atoms with van der Waals surface area (Å²) in [5, 5.41) is 14.9. The normalized spacial score (nSPS) is 23.3. The molecule has 1 heterocycles. The van der Waals surface area contributed by atoms with E-state index >= 15 is 0 Å². The molecule has 0 spiro atoms. The summed E-state index contributed by atoms with van der Waals surface area (Å²) < 4.78 is 1.68. The number of aromatic nitrogens is 4. The van der Waals surface area contributed by atoms with Gasteiger partial charge in [-0.2, -0.15) is 0 Å². The van der Waals surface area contributed by atoms with Gasteiger partial charge < -0.3 is 5.32 Å². The van der Waals surface area contributed by atoms with Gasteiger partial charge in [-0.1, -0.05) is 25.5 Å². The lowest BCUT2D eigenvalue weighted by Crippen LogP contribution is -2.22. The van der Waals surface area contributed by atoms with Crippen LogP contribution in [0.3, 0.4) is 0 Å². The number of rotatable bonds is 5. The van der Waals surface area contributed by atoms with Crippen LogP contribution in [-0.4, -0.2) is 26.2 Å². The van der Waals surface area contributed by atoms with E-state index in [9.17, 15) is 0 Å². The van der Waals surface area contributed by atoms with Crippen molar-refractivity contribution in [1.82, 2.24) is 25.5 Å². The molecular formula is C14H19N5. The van der Waals surface area contributed by atoms with Gasteiger partial charge in [-0.25, -0.2) is 4.68 Å². The van der Waals surface area contributed by atoms with Gasteiger partial charge in [-0.15, -0.1) is 5.10 Å². The standard InChI is InChI=1S/C14H19N5/c1-3-11-8-14(11)16-10(2)12-5-4-6-13(7-12)19-9-15-17-18-19/h4-7,9-11,14,16H,3,8H2,1-2H3. The third-order valence-electron chi connectivity index (χ3n) is 3.89. The molecule has 5 heteroatoms. The number of nitrogens with one attached hydrogen (secondary N) is 1. The van der Waals surface area contributed by atoms with Crippen LogP contribution >= 0.6 is 0 Å². The lowest BCUT2D eigenvalue weighted by molar-refractivity contribution is 0.539. The van der Waals surface area contributed by atoms with Crippen molar-refractivity contribution < 1.29 is 0 Å². The van der Waals surface area contributed by atoms with Gasteiger partial charge in [0.15, 0.2) is 0 Å². The molecule has 3 atom stereocenters. The number of nitrogens with zero attached hydrogens (tertiary/aromatic N) is 4. The van der Waals surface area contributed by atoms with Crippen LogP contribution in [0.15, 0.2) is 30.6 Å². The zero-order valence-corrected chi connectivity index (χ0v) is 11.3. The van der Waals surface area contributed by atoms with E-state index in [0.29, 0.717) is 12.1 Å². The first-order valence-electron chi connectivity index (χ1n) is 6.87. The van der Waals surface area contributed by atoms with E-state index in [4.69, 9.17) is 0 Å². The molecule has 0 saturated heterocycles. The van der Waals surface area contributed by atoms with Gasteiger partial charge in [-0.3, -0.25) is 0 Å². The summed E-state index contributed by atoms with van der Waals surface area (Å²) in [7, 11) is 0. The average molecular weight is 257 g/mol. The Morgan fingerprint density at radius 1 is 1.47 bits per heavy atom. The Labute approximate surface area is 113 Å². The number of hydrogen-bond donors (Lipinski definition) is 1. The summed E-state index contributed by atoms with van der Waals surface area (Å²) in [4.78, 5) is 0. The monoisotopic (exact) mass is 257 g/mol. The fraction of sp³-hybridized carbons (Fsp3) is 0.500. The average Bonchev–Trinajstić information content (AvgIpc) is 2.97. The van der Waals surface area contributed by atoms with Crippen molar-refractivity contribution in [1.29, 1.82) is 0 Å². The molecule has 0 aliphatic heterocycles. The molecule has 1 fully saturated rings. The van der Waals surface area contributed by atoms with Crippen LogP contribution in [0.5, 0.6) is 0 Å². The molecule has 2 aromatic rings. The van der Waals surface area contributed by atoms with Crippen LogP contribution in [0.1, 0.15) is 38.3 Å². The zero-order valence-electron chi connectivity index (χ0n) is 11.3. The molecule has 1 aliphatic carbocycles. The van der Waals surface area contributed by atoms with Crippen LogP contribution in [-0.2, 0) is 0 Å². The lowest BCUT2D eigenvalue weighted by Gasteiger charge is -2.15. The summed E-state index contributed by atoms with van der Waals surface area (Å²) in [6.45, 7) is 4.47. The first kappa shape index (κ1) is 12.3. The van der Waals surface area contributed by atoms with Gasteiger partial charge in [0.25, 0.3) is 0 Å². The Morgan fingerprint density at radius 3 is 3.05 bits per heavy atom. The van der Waals surface area contributed by atoms with Gasteiger partial charge in [0.2, 0.25) is 0 Å². The van der Waals surface area contributed by atoms with Gasteiger partial charge in [-0.05, 0) is 47.4 Å². The minimum Gasteiger partial charge on any atom is -0.307 e. The molecule has 0 bridgehead atoms. The summed E-state index contributed by atoms with van der Waals surface area (Å²) >= 11 is 0. The highest BCUT2D eigenvalue weighted by molar-refractivity contribution is 5.35. The minimum atomic E-state index is 0.359. The molecule has 19 heavy (non-hydrogen) atoms. The second-order valence-electron chi connectivity index (χ2n) is 5.25. The second kappa shape index (κ2) is 5.09. The molecular weight excluding hydrogens is 238 g/mol. The van der Waals surface area contributed by atoms with Crippen molar-refractivity contribution in [2.24, 2.45) is 5.92 Å². The number of hydrogen-bond acceptors (Lipinski definition) is 4. The molecule has 1 aromatic carbocycles. The molecule has 100 valence electrons. The van der Waals surface area contributed by atoms with Crippen molar-refractivity contribution in [3.8, 4) is 5.69 Å². The van der Waals surface area contributed by atoms with Gasteiger partial charge in [0, 0.05) is 12.1 Å². The zero-order chi connectivity index (χ0) is 13.2. The van der Waals surface area contributed by atoms with Crippen LogP contribution in [0.4, 0.5) is 0 Å². The third-order valence-corrected chi connectivity index (χ3v) is 3.89. The highest BCUT2D eigenvalue weighted by atomic mass is 15.5. The van der Waals surface area contributed by atoms with Gasteiger partial charge >= 0.3 is 0 Å². The van der Waals surface area contributed by atoms with E-state index < -0.39 is 0 Å². The van der Waals surface area contributed by atoms with E-state index in [-0.39, 0.29) is 0 Å². The molecule has 1 aromatic heterocycles. The third kappa shape index (κ3) is 2.66. The summed E-state index contributed by atoms with van der Waals surface area (Å²) in [6.07, 6.45) is 4.20. The maximum Gasteiger partial charge on any atom is 0.143 e. The van der Waals surface area contributed by atoms with Crippen molar-refractivity contribution in [3.05, 3.63) is 36.2 Å². The maximum absolute atomic E-state index is 3.92. The molecule has 1 N–H and O–H groups in total. The van der Waals surface area contributed by atoms with Crippen molar-refractivity contribution >= 4 is 0 Å². The second-order valence-corrected chi connectivity index (χ2v) is 5.25. The summed E-state index contributed by atoms with van der Waals surface area (Å²) in [5.41, 5.74) is 2.27. The Morgan fingerprint density at radius 2 is 2.37 bits per heavy atom. The van der Waals surface area contributed by atoms with Gasteiger partial charge in [0.05, 0.1) is 5.69 Å².